The van der Waals surface area contributed by atoms with E-state index in [1.807, 2.05) is 0 Å². The molecule has 1 aliphatic carbocycles. The Bertz CT molecular complexity index is 592. The van der Waals surface area contributed by atoms with E-state index in [1.54, 1.807) is 11.3 Å². The van der Waals surface area contributed by atoms with Crippen molar-refractivity contribution in [1.29, 1.82) is 0 Å². The van der Waals surface area contributed by atoms with Crippen LogP contribution < -0.4 is 5.73 Å². The predicted molar refractivity (Wildman–Crippen MR) is 74.1 cm³/mol. The Kier molecular flexibility index (Phi) is 3.60. The summed E-state index contributed by atoms with van der Waals surface area (Å²) in [4.78, 5) is 6.18. The minimum atomic E-state index is -4.39. The van der Waals surface area contributed by atoms with Crippen molar-refractivity contribution in [3.8, 4) is 0 Å². The highest BCUT2D eigenvalue weighted by molar-refractivity contribution is 7.13. The number of hydrogen-bond acceptors (Lipinski definition) is 4. The number of halogens is 3. The van der Waals surface area contributed by atoms with Crippen molar-refractivity contribution in [2.75, 3.05) is 0 Å². The summed E-state index contributed by atoms with van der Waals surface area (Å²) in [5, 5.41) is -0.829. The second-order valence-corrected chi connectivity index (χ2v) is 7.08. The van der Waals surface area contributed by atoms with Gasteiger partial charge in [0.2, 0.25) is 0 Å². The number of alkyl halides is 3. The van der Waals surface area contributed by atoms with E-state index in [0.717, 1.165) is 17.7 Å². The van der Waals surface area contributed by atoms with Gasteiger partial charge >= 0.3 is 6.18 Å². The zero-order chi connectivity index (χ0) is 14.3. The fraction of sp³-hybridized carbons (Fsp3) is 0.462. The molecule has 3 rings (SSSR count). The number of rotatable bonds is 2. The Morgan fingerprint density at radius 2 is 1.90 bits per heavy atom. The lowest BCUT2D eigenvalue weighted by molar-refractivity contribution is -0.137. The van der Waals surface area contributed by atoms with E-state index in [4.69, 9.17) is 5.73 Å². The predicted octanol–water partition coefficient (Wildman–Crippen LogP) is 4.15. The van der Waals surface area contributed by atoms with Crippen molar-refractivity contribution in [2.45, 2.75) is 37.9 Å². The number of nitrogens with zero attached hydrogens (tertiary/aromatic N) is 1. The quantitative estimate of drug-likeness (QED) is 0.903. The fourth-order valence-electron chi connectivity index (χ4n) is 2.37. The van der Waals surface area contributed by atoms with E-state index < -0.39 is 17.2 Å². The molecule has 0 radical (unpaired) electrons. The second kappa shape index (κ2) is 5.13. The average molecular weight is 318 g/mol. The number of hydrogen-bond donors (Lipinski definition) is 1. The Balaban J connectivity index is 1.86. The van der Waals surface area contributed by atoms with Crippen molar-refractivity contribution < 1.29 is 13.2 Å². The summed E-state index contributed by atoms with van der Waals surface area (Å²) in [6.07, 6.45) is 1.32. The third-order valence-corrected chi connectivity index (χ3v) is 5.84. The van der Waals surface area contributed by atoms with Crippen molar-refractivity contribution in [3.63, 3.8) is 0 Å². The minimum absolute atomic E-state index is 0.468. The standard InChI is InChI=1S/C13H13F3N2S2/c14-13(15,16)12-18-6-10(20-12)11(17)9-5-7-3-1-2-4-8(7)19-9/h5-6,11H,1-4,17H2. The van der Waals surface area contributed by atoms with Crippen LogP contribution >= 0.6 is 22.7 Å². The molecule has 0 saturated carbocycles. The van der Waals surface area contributed by atoms with E-state index in [9.17, 15) is 13.2 Å². The lowest BCUT2D eigenvalue weighted by Gasteiger charge is -2.08. The average Bonchev–Trinajstić information content (AvgIpc) is 3.04. The second-order valence-electron chi connectivity index (χ2n) is 4.85. The number of thiazole rings is 1. The highest BCUT2D eigenvalue weighted by atomic mass is 32.1. The first-order valence-corrected chi connectivity index (χ1v) is 7.98. The third-order valence-electron chi connectivity index (χ3n) is 3.39. The molecule has 0 spiro atoms. The molecule has 0 fully saturated rings. The Hall–Kier alpha value is -0.920. The molecule has 7 heteroatoms. The monoisotopic (exact) mass is 318 g/mol. The molecular weight excluding hydrogens is 305 g/mol. The molecule has 0 saturated heterocycles. The van der Waals surface area contributed by atoms with Crippen LogP contribution in [-0.4, -0.2) is 4.98 Å². The maximum Gasteiger partial charge on any atom is 0.443 e. The summed E-state index contributed by atoms with van der Waals surface area (Å²) >= 11 is 2.26. The Labute approximate surface area is 122 Å². The highest BCUT2D eigenvalue weighted by Gasteiger charge is 2.35. The zero-order valence-electron chi connectivity index (χ0n) is 10.5. The van der Waals surface area contributed by atoms with Gasteiger partial charge < -0.3 is 5.73 Å². The van der Waals surface area contributed by atoms with Gasteiger partial charge in [0, 0.05) is 20.8 Å². The normalized spacial score (nSPS) is 17.0. The van der Waals surface area contributed by atoms with Crippen LogP contribution in [0.15, 0.2) is 12.3 Å². The summed E-state index contributed by atoms with van der Waals surface area (Å²) in [6, 6.07) is 1.55. The summed E-state index contributed by atoms with van der Waals surface area (Å²) in [5.41, 5.74) is 7.41. The van der Waals surface area contributed by atoms with Gasteiger partial charge in [0.25, 0.3) is 0 Å². The van der Waals surface area contributed by atoms with E-state index >= 15 is 0 Å². The van der Waals surface area contributed by atoms with Gasteiger partial charge in [-0.05, 0) is 37.3 Å². The van der Waals surface area contributed by atoms with Gasteiger partial charge in [-0.15, -0.1) is 22.7 Å². The van der Waals surface area contributed by atoms with Crippen LogP contribution in [-0.2, 0) is 19.0 Å². The lowest BCUT2D eigenvalue weighted by atomic mass is 9.99. The topological polar surface area (TPSA) is 38.9 Å². The van der Waals surface area contributed by atoms with Crippen molar-refractivity contribution >= 4 is 22.7 Å². The van der Waals surface area contributed by atoms with Gasteiger partial charge in [-0.3, -0.25) is 0 Å². The molecule has 0 bridgehead atoms. The molecular formula is C13H13F3N2S2. The van der Waals surface area contributed by atoms with Gasteiger partial charge in [-0.1, -0.05) is 0 Å². The number of nitrogens with two attached hydrogens (primary N) is 1. The number of aromatic nitrogens is 1. The zero-order valence-corrected chi connectivity index (χ0v) is 12.2. The molecule has 2 aromatic rings. The number of aryl methyl sites for hydroxylation is 2. The molecule has 2 N–H and O–H groups in total. The van der Waals surface area contributed by atoms with Crippen LogP contribution in [0.1, 0.15) is 44.1 Å². The first-order chi connectivity index (χ1) is 9.45. The van der Waals surface area contributed by atoms with Crippen LogP contribution in [0.3, 0.4) is 0 Å². The van der Waals surface area contributed by atoms with Crippen LogP contribution in [0.25, 0.3) is 0 Å². The first kappa shape index (κ1) is 14.0. The molecule has 2 nitrogen and oxygen atoms in total. The summed E-state index contributed by atoms with van der Waals surface area (Å²) in [7, 11) is 0. The molecule has 20 heavy (non-hydrogen) atoms. The van der Waals surface area contributed by atoms with Crippen molar-refractivity contribution in [1.82, 2.24) is 4.98 Å². The third kappa shape index (κ3) is 2.62. The molecule has 1 aliphatic rings. The SMILES string of the molecule is NC(c1cnc(C(F)(F)F)s1)c1cc2c(s1)CCCC2. The van der Waals surface area contributed by atoms with Gasteiger partial charge in [0.1, 0.15) is 0 Å². The van der Waals surface area contributed by atoms with Gasteiger partial charge in [-0.2, -0.15) is 13.2 Å². The smallest absolute Gasteiger partial charge is 0.319 e. The Morgan fingerprint density at radius 3 is 2.55 bits per heavy atom. The maximum atomic E-state index is 12.6. The Morgan fingerprint density at radius 1 is 1.15 bits per heavy atom. The van der Waals surface area contributed by atoms with Crippen LogP contribution in [0.2, 0.25) is 0 Å². The molecule has 0 aromatic carbocycles. The minimum Gasteiger partial charge on any atom is -0.319 e. The number of thiophene rings is 1. The van der Waals surface area contributed by atoms with Gasteiger partial charge in [-0.25, -0.2) is 4.98 Å². The van der Waals surface area contributed by atoms with E-state index in [0.29, 0.717) is 16.2 Å². The van der Waals surface area contributed by atoms with Crippen molar-refractivity contribution in [3.05, 3.63) is 37.5 Å². The van der Waals surface area contributed by atoms with Gasteiger partial charge in [0.15, 0.2) is 5.01 Å². The molecule has 2 heterocycles. The molecule has 1 unspecified atom stereocenters. The molecule has 0 aliphatic heterocycles. The molecule has 2 aromatic heterocycles. The summed E-state index contributed by atoms with van der Waals surface area (Å²) in [5.74, 6) is 0. The lowest BCUT2D eigenvalue weighted by Crippen LogP contribution is -2.08. The van der Waals surface area contributed by atoms with Crippen LogP contribution in [0.4, 0.5) is 13.2 Å². The fourth-order valence-corrected chi connectivity index (χ4v) is 4.53. The number of fused-ring (bicyclic) bond motifs is 1. The van der Waals surface area contributed by atoms with Crippen LogP contribution in [0, 0.1) is 0 Å². The largest absolute Gasteiger partial charge is 0.443 e. The maximum absolute atomic E-state index is 12.6. The summed E-state index contributed by atoms with van der Waals surface area (Å²) in [6.45, 7) is 0. The molecule has 0 amide bonds. The van der Waals surface area contributed by atoms with Gasteiger partial charge in [0.05, 0.1) is 6.04 Å². The van der Waals surface area contributed by atoms with Crippen molar-refractivity contribution in [2.24, 2.45) is 5.73 Å². The van der Waals surface area contributed by atoms with E-state index in [1.165, 1.54) is 29.5 Å². The summed E-state index contributed by atoms with van der Waals surface area (Å²) < 4.78 is 37.7. The van der Waals surface area contributed by atoms with E-state index in [-0.39, 0.29) is 0 Å². The van der Waals surface area contributed by atoms with Crippen LogP contribution in [0.5, 0.6) is 0 Å². The first-order valence-electron chi connectivity index (χ1n) is 6.35. The molecule has 1 atom stereocenters. The highest BCUT2D eigenvalue weighted by Crippen LogP contribution is 2.38. The van der Waals surface area contributed by atoms with E-state index in [2.05, 4.69) is 11.1 Å². The molecule has 108 valence electrons.